The van der Waals surface area contributed by atoms with Crippen molar-refractivity contribution in [1.82, 2.24) is 0 Å². The van der Waals surface area contributed by atoms with E-state index in [1.165, 1.54) is 0 Å². The zero-order valence-corrected chi connectivity index (χ0v) is 7.91. The fourth-order valence-corrected chi connectivity index (χ4v) is 1.26. The van der Waals surface area contributed by atoms with Crippen molar-refractivity contribution in [1.29, 1.82) is 0 Å². The van der Waals surface area contributed by atoms with E-state index in [1.807, 2.05) is 0 Å². The fourth-order valence-electron chi connectivity index (χ4n) is 1.26. The van der Waals surface area contributed by atoms with Crippen LogP contribution in [0.1, 0.15) is 32.1 Å². The van der Waals surface area contributed by atoms with Crippen molar-refractivity contribution in [2.24, 2.45) is 11.7 Å². The summed E-state index contributed by atoms with van der Waals surface area (Å²) in [7, 11) is 0. The van der Waals surface area contributed by atoms with Gasteiger partial charge in [0.05, 0.1) is 5.92 Å². The standard InChI is InChI=1S/C9H19NO3/c10-6-3-5-8(9(12)13)4-1-2-7-11/h8,11H,1-7,10H2,(H,12,13). The molecular weight excluding hydrogens is 170 g/mol. The van der Waals surface area contributed by atoms with E-state index < -0.39 is 5.97 Å². The van der Waals surface area contributed by atoms with E-state index in [9.17, 15) is 4.79 Å². The quantitative estimate of drug-likeness (QED) is 0.488. The maximum Gasteiger partial charge on any atom is 0.306 e. The summed E-state index contributed by atoms with van der Waals surface area (Å²) in [5.41, 5.74) is 5.30. The van der Waals surface area contributed by atoms with Gasteiger partial charge in [-0.3, -0.25) is 4.79 Å². The lowest BCUT2D eigenvalue weighted by molar-refractivity contribution is -0.142. The Morgan fingerprint density at radius 3 is 2.31 bits per heavy atom. The number of aliphatic hydroxyl groups excluding tert-OH is 1. The maximum absolute atomic E-state index is 10.7. The molecule has 0 aliphatic heterocycles. The van der Waals surface area contributed by atoms with Crippen LogP contribution in [0.4, 0.5) is 0 Å². The number of carboxylic acids is 1. The van der Waals surface area contributed by atoms with Crippen molar-refractivity contribution < 1.29 is 15.0 Å². The summed E-state index contributed by atoms with van der Waals surface area (Å²) in [6.07, 6.45) is 3.52. The molecule has 0 rings (SSSR count). The summed E-state index contributed by atoms with van der Waals surface area (Å²) >= 11 is 0. The summed E-state index contributed by atoms with van der Waals surface area (Å²) in [6, 6.07) is 0. The zero-order valence-electron chi connectivity index (χ0n) is 7.91. The Hall–Kier alpha value is -0.610. The Labute approximate surface area is 78.7 Å². The Balaban J connectivity index is 3.61. The first-order valence-corrected chi connectivity index (χ1v) is 4.76. The molecule has 0 aromatic carbocycles. The lowest BCUT2D eigenvalue weighted by atomic mass is 9.97. The highest BCUT2D eigenvalue weighted by Crippen LogP contribution is 2.14. The van der Waals surface area contributed by atoms with Gasteiger partial charge in [-0.1, -0.05) is 6.42 Å². The highest BCUT2D eigenvalue weighted by atomic mass is 16.4. The molecule has 13 heavy (non-hydrogen) atoms. The molecule has 0 saturated carbocycles. The SMILES string of the molecule is NCCCC(CCCCO)C(=O)O. The molecule has 0 amide bonds. The third kappa shape index (κ3) is 6.54. The molecule has 0 aromatic heterocycles. The van der Waals surface area contributed by atoms with Crippen LogP contribution in [0.15, 0.2) is 0 Å². The van der Waals surface area contributed by atoms with E-state index in [0.29, 0.717) is 25.8 Å². The number of nitrogens with two attached hydrogens (primary N) is 1. The van der Waals surface area contributed by atoms with Gasteiger partial charge in [0.1, 0.15) is 0 Å². The molecule has 0 aliphatic rings. The normalized spacial score (nSPS) is 12.8. The van der Waals surface area contributed by atoms with Gasteiger partial charge in [0.2, 0.25) is 0 Å². The molecule has 4 nitrogen and oxygen atoms in total. The summed E-state index contributed by atoms with van der Waals surface area (Å²) in [4.78, 5) is 10.7. The number of aliphatic carboxylic acids is 1. The molecule has 0 radical (unpaired) electrons. The van der Waals surface area contributed by atoms with Crippen LogP contribution in [0.3, 0.4) is 0 Å². The third-order valence-electron chi connectivity index (χ3n) is 2.07. The Morgan fingerprint density at radius 2 is 1.85 bits per heavy atom. The van der Waals surface area contributed by atoms with Gasteiger partial charge in [0.15, 0.2) is 0 Å². The second kappa shape index (κ2) is 8.01. The van der Waals surface area contributed by atoms with Crippen molar-refractivity contribution in [3.8, 4) is 0 Å². The van der Waals surface area contributed by atoms with Crippen LogP contribution in [0, 0.1) is 5.92 Å². The van der Waals surface area contributed by atoms with Crippen LogP contribution in [0.2, 0.25) is 0 Å². The van der Waals surface area contributed by atoms with Gasteiger partial charge in [0.25, 0.3) is 0 Å². The average molecular weight is 189 g/mol. The van der Waals surface area contributed by atoms with Crippen LogP contribution < -0.4 is 5.73 Å². The van der Waals surface area contributed by atoms with E-state index in [4.69, 9.17) is 15.9 Å². The minimum absolute atomic E-state index is 0.142. The van der Waals surface area contributed by atoms with E-state index >= 15 is 0 Å². The predicted octanol–water partition coefficient (Wildman–Crippen LogP) is 0.589. The van der Waals surface area contributed by atoms with E-state index in [1.54, 1.807) is 0 Å². The molecule has 4 heteroatoms. The summed E-state index contributed by atoms with van der Waals surface area (Å²) in [6.45, 7) is 0.688. The topological polar surface area (TPSA) is 83.5 Å². The van der Waals surface area contributed by atoms with E-state index in [0.717, 1.165) is 12.8 Å². The Kier molecular flexibility index (Phi) is 7.63. The van der Waals surface area contributed by atoms with Gasteiger partial charge in [-0.15, -0.1) is 0 Å². The first-order chi connectivity index (χ1) is 6.22. The van der Waals surface area contributed by atoms with Crippen LogP contribution in [-0.4, -0.2) is 29.3 Å². The minimum Gasteiger partial charge on any atom is -0.481 e. The lowest BCUT2D eigenvalue weighted by Crippen LogP contribution is -2.15. The van der Waals surface area contributed by atoms with Gasteiger partial charge >= 0.3 is 5.97 Å². The first-order valence-electron chi connectivity index (χ1n) is 4.76. The molecule has 0 saturated heterocycles. The van der Waals surface area contributed by atoms with E-state index in [-0.39, 0.29) is 12.5 Å². The number of carbonyl (C=O) groups is 1. The van der Waals surface area contributed by atoms with Gasteiger partial charge in [-0.05, 0) is 32.2 Å². The average Bonchev–Trinajstić information content (AvgIpc) is 2.10. The molecule has 4 N–H and O–H groups in total. The first kappa shape index (κ1) is 12.4. The number of unbranched alkanes of at least 4 members (excludes halogenated alkanes) is 1. The van der Waals surface area contributed by atoms with Crippen molar-refractivity contribution in [2.75, 3.05) is 13.2 Å². The fraction of sp³-hybridized carbons (Fsp3) is 0.889. The van der Waals surface area contributed by atoms with Gasteiger partial charge in [-0.25, -0.2) is 0 Å². The molecule has 78 valence electrons. The molecule has 1 unspecified atom stereocenters. The lowest BCUT2D eigenvalue weighted by Gasteiger charge is -2.10. The molecule has 0 bridgehead atoms. The molecular formula is C9H19NO3. The van der Waals surface area contributed by atoms with Crippen LogP contribution in [0.25, 0.3) is 0 Å². The second-order valence-corrected chi connectivity index (χ2v) is 3.19. The molecule has 0 aliphatic carbocycles. The number of hydrogen-bond acceptors (Lipinski definition) is 3. The zero-order chi connectivity index (χ0) is 10.1. The second-order valence-electron chi connectivity index (χ2n) is 3.19. The Bertz CT molecular complexity index is 139. The molecule has 0 heterocycles. The van der Waals surface area contributed by atoms with Gasteiger partial charge in [-0.2, -0.15) is 0 Å². The number of rotatable bonds is 8. The highest BCUT2D eigenvalue weighted by molar-refractivity contribution is 5.69. The molecule has 1 atom stereocenters. The summed E-state index contributed by atoms with van der Waals surface area (Å²) in [5, 5.41) is 17.3. The Morgan fingerprint density at radius 1 is 1.23 bits per heavy atom. The van der Waals surface area contributed by atoms with Crippen molar-refractivity contribution >= 4 is 5.97 Å². The number of hydrogen-bond donors (Lipinski definition) is 3. The highest BCUT2D eigenvalue weighted by Gasteiger charge is 2.15. The van der Waals surface area contributed by atoms with Crippen LogP contribution >= 0.6 is 0 Å². The van der Waals surface area contributed by atoms with Gasteiger partial charge in [0, 0.05) is 6.61 Å². The van der Waals surface area contributed by atoms with Crippen molar-refractivity contribution in [2.45, 2.75) is 32.1 Å². The maximum atomic E-state index is 10.7. The van der Waals surface area contributed by atoms with Gasteiger partial charge < -0.3 is 15.9 Å². The van der Waals surface area contributed by atoms with Crippen LogP contribution in [0.5, 0.6) is 0 Å². The molecule has 0 spiro atoms. The summed E-state index contributed by atoms with van der Waals surface area (Å²) in [5.74, 6) is -1.03. The van der Waals surface area contributed by atoms with Crippen molar-refractivity contribution in [3.63, 3.8) is 0 Å². The van der Waals surface area contributed by atoms with E-state index in [2.05, 4.69) is 0 Å². The third-order valence-corrected chi connectivity index (χ3v) is 2.07. The number of carboxylic acid groups (broad SMARTS) is 1. The minimum atomic E-state index is -0.744. The predicted molar refractivity (Wildman–Crippen MR) is 50.4 cm³/mol. The smallest absolute Gasteiger partial charge is 0.306 e. The summed E-state index contributed by atoms with van der Waals surface area (Å²) < 4.78 is 0. The van der Waals surface area contributed by atoms with Crippen molar-refractivity contribution in [3.05, 3.63) is 0 Å². The molecule has 0 fully saturated rings. The monoisotopic (exact) mass is 189 g/mol. The molecule has 0 aromatic rings. The number of aliphatic hydroxyl groups is 1. The largest absolute Gasteiger partial charge is 0.481 e. The van der Waals surface area contributed by atoms with Crippen LogP contribution in [-0.2, 0) is 4.79 Å².